The Labute approximate surface area is 151 Å². The first-order valence-electron chi connectivity index (χ1n) is 7.16. The van der Waals surface area contributed by atoms with Crippen molar-refractivity contribution < 1.29 is 13.9 Å². The summed E-state index contributed by atoms with van der Waals surface area (Å²) < 4.78 is 19.4. The Balaban J connectivity index is 2.32. The number of hydrogen-bond donors (Lipinski definition) is 0. The van der Waals surface area contributed by atoms with Crippen LogP contribution in [0.5, 0.6) is 0 Å². The number of pyridine rings is 1. The smallest absolute Gasteiger partial charge is 0.303 e. The molecule has 0 aliphatic rings. The van der Waals surface area contributed by atoms with Crippen LogP contribution in [0.1, 0.15) is 12.6 Å². The fourth-order valence-electron chi connectivity index (χ4n) is 2.39. The number of nitrogens with zero attached hydrogens (tertiary/aromatic N) is 2. The first-order chi connectivity index (χ1) is 11.9. The van der Waals surface area contributed by atoms with Gasteiger partial charge >= 0.3 is 5.97 Å². The second-order valence-electron chi connectivity index (χ2n) is 5.23. The Bertz CT molecular complexity index is 1030. The van der Waals surface area contributed by atoms with Crippen LogP contribution in [0.2, 0.25) is 10.0 Å². The maximum absolute atomic E-state index is 13.2. The fourth-order valence-corrected chi connectivity index (χ4v) is 2.91. The molecule has 0 unspecified atom stereocenters. The van der Waals surface area contributed by atoms with Gasteiger partial charge in [-0.05, 0) is 23.8 Å². The van der Waals surface area contributed by atoms with Crippen molar-refractivity contribution in [3.63, 3.8) is 0 Å². The molecule has 0 N–H and O–H groups in total. The second kappa shape index (κ2) is 6.82. The first kappa shape index (κ1) is 17.4. The van der Waals surface area contributed by atoms with Crippen LogP contribution < -0.4 is 5.56 Å². The van der Waals surface area contributed by atoms with Crippen molar-refractivity contribution in [3.05, 3.63) is 68.4 Å². The van der Waals surface area contributed by atoms with Crippen LogP contribution in [0, 0.1) is 5.82 Å². The summed E-state index contributed by atoms with van der Waals surface area (Å²) in [6.07, 6.45) is 1.39. The quantitative estimate of drug-likeness (QED) is 0.647. The number of esters is 1. The van der Waals surface area contributed by atoms with Gasteiger partial charge < -0.3 is 4.74 Å². The molecule has 0 aliphatic carbocycles. The molecule has 0 spiro atoms. The molecule has 0 saturated heterocycles. The maximum Gasteiger partial charge on any atom is 0.303 e. The molecule has 2 heterocycles. The van der Waals surface area contributed by atoms with Crippen molar-refractivity contribution in [2.45, 2.75) is 13.5 Å². The molecule has 128 valence electrons. The highest BCUT2D eigenvalue weighted by atomic mass is 35.5. The van der Waals surface area contributed by atoms with Crippen molar-refractivity contribution in [1.82, 2.24) is 9.38 Å². The van der Waals surface area contributed by atoms with Crippen molar-refractivity contribution in [3.8, 4) is 11.1 Å². The molecule has 0 saturated carbocycles. The first-order valence-corrected chi connectivity index (χ1v) is 7.92. The fraction of sp³-hybridized carbons (Fsp3) is 0.118. The van der Waals surface area contributed by atoms with Crippen molar-refractivity contribution >= 4 is 34.8 Å². The van der Waals surface area contributed by atoms with E-state index in [-0.39, 0.29) is 33.6 Å². The lowest BCUT2D eigenvalue weighted by Gasteiger charge is -2.12. The van der Waals surface area contributed by atoms with Gasteiger partial charge in [0.1, 0.15) is 12.4 Å². The van der Waals surface area contributed by atoms with Crippen LogP contribution in [-0.4, -0.2) is 15.4 Å². The summed E-state index contributed by atoms with van der Waals surface area (Å²) in [5, 5.41) is 0.443. The number of aromatic nitrogens is 2. The predicted octanol–water partition coefficient (Wildman–Crippen LogP) is 3.87. The molecule has 0 radical (unpaired) electrons. The second-order valence-corrected chi connectivity index (χ2v) is 6.07. The SMILES string of the molecule is CC(=O)OCc1nc2c(Cl)cc(Cl)cn2c(=O)c1-c1ccc(F)cc1. The number of fused-ring (bicyclic) bond motifs is 1. The zero-order valence-corrected chi connectivity index (χ0v) is 14.4. The van der Waals surface area contributed by atoms with E-state index >= 15 is 0 Å². The molecular formula is C17H11Cl2FN2O3. The highest BCUT2D eigenvalue weighted by Gasteiger charge is 2.18. The summed E-state index contributed by atoms with van der Waals surface area (Å²) in [6.45, 7) is 1.03. The summed E-state index contributed by atoms with van der Waals surface area (Å²) in [5.74, 6) is -0.959. The van der Waals surface area contributed by atoms with Gasteiger partial charge in [0.2, 0.25) is 0 Å². The van der Waals surface area contributed by atoms with Gasteiger partial charge in [-0.25, -0.2) is 9.37 Å². The van der Waals surface area contributed by atoms with Gasteiger partial charge in [-0.1, -0.05) is 35.3 Å². The third-order valence-corrected chi connectivity index (χ3v) is 3.95. The van der Waals surface area contributed by atoms with Crippen LogP contribution in [-0.2, 0) is 16.1 Å². The van der Waals surface area contributed by atoms with E-state index in [0.717, 1.165) is 0 Å². The number of carbonyl (C=O) groups excluding carboxylic acids is 1. The number of rotatable bonds is 3. The third kappa shape index (κ3) is 3.50. The molecule has 3 aromatic rings. The minimum Gasteiger partial charge on any atom is -0.459 e. The number of benzene rings is 1. The molecular weight excluding hydrogens is 370 g/mol. The standard InChI is InChI=1S/C17H11Cl2FN2O3/c1-9(23)25-8-14-15(10-2-4-12(20)5-3-10)17(24)22-7-11(18)6-13(19)16(22)21-14/h2-7H,8H2,1H3. The van der Waals surface area contributed by atoms with Crippen molar-refractivity contribution in [2.24, 2.45) is 0 Å². The lowest BCUT2D eigenvalue weighted by Crippen LogP contribution is -2.21. The van der Waals surface area contributed by atoms with Gasteiger partial charge in [0.15, 0.2) is 5.65 Å². The molecule has 0 aliphatic heterocycles. The minimum absolute atomic E-state index is 0.178. The van der Waals surface area contributed by atoms with Gasteiger partial charge in [0.05, 0.1) is 21.3 Å². The van der Waals surface area contributed by atoms with Gasteiger partial charge in [-0.15, -0.1) is 0 Å². The lowest BCUT2D eigenvalue weighted by molar-refractivity contribution is -0.142. The van der Waals surface area contributed by atoms with Crippen LogP contribution >= 0.6 is 23.2 Å². The minimum atomic E-state index is -0.519. The Kier molecular flexibility index (Phi) is 4.74. The Morgan fingerprint density at radius 2 is 1.96 bits per heavy atom. The summed E-state index contributed by atoms with van der Waals surface area (Å²) in [6, 6.07) is 6.81. The van der Waals surface area contributed by atoms with E-state index in [4.69, 9.17) is 27.9 Å². The van der Waals surface area contributed by atoms with E-state index in [1.807, 2.05) is 0 Å². The highest BCUT2D eigenvalue weighted by molar-refractivity contribution is 6.36. The number of carbonyl (C=O) groups is 1. The molecule has 8 heteroatoms. The molecule has 0 fully saturated rings. The molecule has 1 aromatic carbocycles. The zero-order valence-electron chi connectivity index (χ0n) is 12.9. The predicted molar refractivity (Wildman–Crippen MR) is 92.3 cm³/mol. The number of hydrogen-bond acceptors (Lipinski definition) is 4. The average Bonchev–Trinajstić information content (AvgIpc) is 2.55. The Morgan fingerprint density at radius 3 is 2.60 bits per heavy atom. The molecule has 25 heavy (non-hydrogen) atoms. The monoisotopic (exact) mass is 380 g/mol. The molecule has 2 aromatic heterocycles. The summed E-state index contributed by atoms with van der Waals surface area (Å²) in [5.41, 5.74) is 0.562. The van der Waals surface area contributed by atoms with Gasteiger partial charge in [0.25, 0.3) is 5.56 Å². The molecule has 0 atom stereocenters. The van der Waals surface area contributed by atoms with Crippen LogP contribution in [0.3, 0.4) is 0 Å². The van der Waals surface area contributed by atoms with E-state index in [2.05, 4.69) is 4.98 Å². The summed E-state index contributed by atoms with van der Waals surface area (Å²) >= 11 is 12.1. The molecule has 0 amide bonds. The lowest BCUT2D eigenvalue weighted by atomic mass is 10.1. The van der Waals surface area contributed by atoms with E-state index in [1.54, 1.807) is 0 Å². The number of ether oxygens (including phenoxy) is 1. The van der Waals surface area contributed by atoms with Crippen LogP contribution in [0.4, 0.5) is 4.39 Å². The molecule has 5 nitrogen and oxygen atoms in total. The third-order valence-electron chi connectivity index (χ3n) is 3.47. The zero-order chi connectivity index (χ0) is 18.1. The van der Waals surface area contributed by atoms with Crippen molar-refractivity contribution in [1.29, 1.82) is 0 Å². The Morgan fingerprint density at radius 1 is 1.28 bits per heavy atom. The molecule has 3 rings (SSSR count). The molecule has 0 bridgehead atoms. The van der Waals surface area contributed by atoms with Crippen molar-refractivity contribution in [2.75, 3.05) is 0 Å². The van der Waals surface area contributed by atoms with Gasteiger partial charge in [0, 0.05) is 13.1 Å². The van der Waals surface area contributed by atoms with E-state index < -0.39 is 17.3 Å². The maximum atomic E-state index is 13.2. The van der Waals surface area contributed by atoms with E-state index in [1.165, 1.54) is 47.9 Å². The largest absolute Gasteiger partial charge is 0.459 e. The summed E-state index contributed by atoms with van der Waals surface area (Å²) in [7, 11) is 0. The van der Waals surface area contributed by atoms with Gasteiger partial charge in [-0.2, -0.15) is 0 Å². The van der Waals surface area contributed by atoms with Crippen LogP contribution in [0.15, 0.2) is 41.3 Å². The van der Waals surface area contributed by atoms with Gasteiger partial charge in [-0.3, -0.25) is 14.0 Å². The van der Waals surface area contributed by atoms with E-state index in [0.29, 0.717) is 5.56 Å². The van der Waals surface area contributed by atoms with E-state index in [9.17, 15) is 14.0 Å². The summed E-state index contributed by atoms with van der Waals surface area (Å²) in [4.78, 5) is 28.4. The number of halogens is 3. The highest BCUT2D eigenvalue weighted by Crippen LogP contribution is 2.25. The average molecular weight is 381 g/mol. The van der Waals surface area contributed by atoms with Crippen LogP contribution in [0.25, 0.3) is 16.8 Å². The normalized spacial score (nSPS) is 10.9. The Hall–Kier alpha value is -2.44. The topological polar surface area (TPSA) is 60.7 Å².